The highest BCUT2D eigenvalue weighted by Gasteiger charge is 2.15. The van der Waals surface area contributed by atoms with Crippen molar-refractivity contribution < 1.29 is 4.79 Å². The zero-order valence-electron chi connectivity index (χ0n) is 13.7. The quantitative estimate of drug-likeness (QED) is 0.566. The molecule has 0 unspecified atom stereocenters. The van der Waals surface area contributed by atoms with Gasteiger partial charge in [0, 0.05) is 5.56 Å². The average Bonchev–Trinajstić information content (AvgIpc) is 3.04. The molecule has 1 N–H and O–H groups in total. The van der Waals surface area contributed by atoms with E-state index in [1.54, 1.807) is 15.6 Å². The smallest absolute Gasteiger partial charge is 0.254 e. The average molecular weight is 342 g/mol. The Hall–Kier alpha value is -2.58. The first-order chi connectivity index (χ1) is 11.5. The van der Waals surface area contributed by atoms with Crippen LogP contribution in [0.5, 0.6) is 0 Å². The normalized spacial score (nSPS) is 11.7. The Morgan fingerprint density at radius 3 is 2.83 bits per heavy atom. The molecule has 1 amide bonds. The largest absolute Gasteiger partial charge is 0.301 e. The molecule has 3 rings (SSSR count). The van der Waals surface area contributed by atoms with Gasteiger partial charge in [0.25, 0.3) is 5.91 Å². The number of aromatic nitrogens is 3. The molecule has 0 fully saturated rings. The van der Waals surface area contributed by atoms with Crippen molar-refractivity contribution in [1.82, 2.24) is 24.9 Å². The second kappa shape index (κ2) is 6.90. The SMILES string of the molecule is Cc1nn2c(/C=N/NC(=O)CN(C)C)c(-c3ccccc3)nc2s1. The third kappa shape index (κ3) is 3.50. The number of nitrogens with zero attached hydrogens (tertiary/aromatic N) is 5. The molecule has 0 aliphatic rings. The topological polar surface area (TPSA) is 74.9 Å². The van der Waals surface area contributed by atoms with E-state index >= 15 is 0 Å². The minimum atomic E-state index is -0.173. The van der Waals surface area contributed by atoms with E-state index in [0.29, 0.717) is 0 Å². The zero-order chi connectivity index (χ0) is 17.1. The Balaban J connectivity index is 1.94. The molecule has 0 aliphatic heterocycles. The van der Waals surface area contributed by atoms with Gasteiger partial charge in [0.2, 0.25) is 4.96 Å². The minimum Gasteiger partial charge on any atom is -0.301 e. The van der Waals surface area contributed by atoms with Crippen molar-refractivity contribution in [2.24, 2.45) is 5.10 Å². The number of nitrogens with one attached hydrogen (secondary N) is 1. The van der Waals surface area contributed by atoms with Crippen LogP contribution in [0, 0.1) is 6.92 Å². The maximum Gasteiger partial charge on any atom is 0.254 e. The van der Waals surface area contributed by atoms with Gasteiger partial charge in [-0.15, -0.1) is 0 Å². The molecule has 0 radical (unpaired) electrons. The predicted molar refractivity (Wildman–Crippen MR) is 95.3 cm³/mol. The highest BCUT2D eigenvalue weighted by Crippen LogP contribution is 2.25. The number of imidazole rings is 1. The fourth-order valence-electron chi connectivity index (χ4n) is 2.27. The van der Waals surface area contributed by atoms with E-state index in [9.17, 15) is 4.79 Å². The Bertz CT molecular complexity index is 881. The molecule has 2 heterocycles. The van der Waals surface area contributed by atoms with Crippen LogP contribution in [-0.4, -0.2) is 52.3 Å². The number of fused-ring (bicyclic) bond motifs is 1. The van der Waals surface area contributed by atoms with Crippen LogP contribution in [0.2, 0.25) is 0 Å². The number of likely N-dealkylation sites (N-methyl/N-ethyl adjacent to an activating group) is 1. The first kappa shape index (κ1) is 16.3. The molecule has 7 nitrogen and oxygen atoms in total. The summed E-state index contributed by atoms with van der Waals surface area (Å²) >= 11 is 1.52. The van der Waals surface area contributed by atoms with Crippen LogP contribution in [0.25, 0.3) is 16.2 Å². The standard InChI is InChI=1S/C16H18N6OS/c1-11-20-22-13(9-17-19-14(23)10-21(2)3)15(18-16(22)24-11)12-7-5-4-6-8-12/h4-9H,10H2,1-3H3,(H,19,23)/b17-9+. The van der Waals surface area contributed by atoms with Crippen LogP contribution in [-0.2, 0) is 4.79 Å². The molecule has 8 heteroatoms. The molecular weight excluding hydrogens is 324 g/mol. The van der Waals surface area contributed by atoms with Crippen molar-refractivity contribution >= 4 is 28.4 Å². The van der Waals surface area contributed by atoms with Crippen LogP contribution in [0.1, 0.15) is 10.7 Å². The number of carbonyl (C=O) groups excluding carboxylic acids is 1. The van der Waals surface area contributed by atoms with Gasteiger partial charge in [-0.05, 0) is 21.0 Å². The molecule has 124 valence electrons. The molecule has 0 saturated carbocycles. The number of hydrogen-bond donors (Lipinski definition) is 1. The molecule has 0 saturated heterocycles. The molecule has 3 aromatic rings. The van der Waals surface area contributed by atoms with E-state index in [-0.39, 0.29) is 12.5 Å². The van der Waals surface area contributed by atoms with E-state index in [4.69, 9.17) is 0 Å². The third-order valence-electron chi connectivity index (χ3n) is 3.22. The lowest BCUT2D eigenvalue weighted by Gasteiger charge is -2.06. The van der Waals surface area contributed by atoms with Crippen molar-refractivity contribution in [1.29, 1.82) is 0 Å². The molecule has 1 aromatic carbocycles. The summed E-state index contributed by atoms with van der Waals surface area (Å²) in [6, 6.07) is 9.85. The van der Waals surface area contributed by atoms with E-state index in [2.05, 4.69) is 20.6 Å². The molecule has 0 spiro atoms. The Morgan fingerprint density at radius 2 is 2.12 bits per heavy atom. The van der Waals surface area contributed by atoms with Crippen molar-refractivity contribution in [2.45, 2.75) is 6.92 Å². The number of rotatable bonds is 5. The van der Waals surface area contributed by atoms with Crippen LogP contribution >= 0.6 is 11.3 Å². The molecular formula is C16H18N6OS. The summed E-state index contributed by atoms with van der Waals surface area (Å²) in [5.74, 6) is -0.173. The molecule has 0 bridgehead atoms. The summed E-state index contributed by atoms with van der Waals surface area (Å²) < 4.78 is 1.75. The summed E-state index contributed by atoms with van der Waals surface area (Å²) in [6.45, 7) is 2.21. The summed E-state index contributed by atoms with van der Waals surface area (Å²) in [4.78, 5) is 18.9. The number of hydrogen-bond acceptors (Lipinski definition) is 6. The lowest BCUT2D eigenvalue weighted by Crippen LogP contribution is -2.30. The van der Waals surface area contributed by atoms with Gasteiger partial charge in [-0.3, -0.25) is 4.79 Å². The van der Waals surface area contributed by atoms with E-state index in [0.717, 1.165) is 26.9 Å². The summed E-state index contributed by atoms with van der Waals surface area (Å²) in [6.07, 6.45) is 1.59. The van der Waals surface area contributed by atoms with Gasteiger partial charge in [0.05, 0.1) is 12.8 Å². The van der Waals surface area contributed by atoms with Gasteiger partial charge in [-0.2, -0.15) is 10.2 Å². The van der Waals surface area contributed by atoms with Gasteiger partial charge in [0.15, 0.2) is 0 Å². The minimum absolute atomic E-state index is 0.173. The Morgan fingerprint density at radius 1 is 1.38 bits per heavy atom. The van der Waals surface area contributed by atoms with Crippen molar-refractivity contribution in [3.8, 4) is 11.3 Å². The fraction of sp³-hybridized carbons (Fsp3) is 0.250. The third-order valence-corrected chi connectivity index (χ3v) is 4.05. The summed E-state index contributed by atoms with van der Waals surface area (Å²) in [5.41, 5.74) is 5.04. The van der Waals surface area contributed by atoms with Gasteiger partial charge >= 0.3 is 0 Å². The lowest BCUT2D eigenvalue weighted by atomic mass is 10.1. The Labute approximate surface area is 143 Å². The van der Waals surface area contributed by atoms with Crippen LogP contribution in [0.3, 0.4) is 0 Å². The van der Waals surface area contributed by atoms with Crippen molar-refractivity contribution in [2.75, 3.05) is 20.6 Å². The fourth-order valence-corrected chi connectivity index (χ4v) is 3.02. The number of amides is 1. The highest BCUT2D eigenvalue weighted by molar-refractivity contribution is 7.16. The lowest BCUT2D eigenvalue weighted by molar-refractivity contribution is -0.121. The maximum absolute atomic E-state index is 11.7. The molecule has 0 atom stereocenters. The van der Waals surface area contributed by atoms with Crippen molar-refractivity contribution in [3.63, 3.8) is 0 Å². The number of benzene rings is 1. The second-order valence-electron chi connectivity index (χ2n) is 5.56. The monoisotopic (exact) mass is 342 g/mol. The van der Waals surface area contributed by atoms with Gasteiger partial charge < -0.3 is 4.90 Å². The predicted octanol–water partition coefficient (Wildman–Crippen LogP) is 1.78. The van der Waals surface area contributed by atoms with Gasteiger partial charge in [-0.25, -0.2) is 14.9 Å². The molecule has 2 aromatic heterocycles. The Kier molecular flexibility index (Phi) is 4.68. The number of carbonyl (C=O) groups is 1. The van der Waals surface area contributed by atoms with Crippen LogP contribution in [0.15, 0.2) is 35.4 Å². The van der Waals surface area contributed by atoms with E-state index in [1.165, 1.54) is 11.3 Å². The van der Waals surface area contributed by atoms with E-state index in [1.807, 2.05) is 51.4 Å². The summed E-state index contributed by atoms with van der Waals surface area (Å²) in [7, 11) is 3.66. The zero-order valence-corrected chi connectivity index (χ0v) is 14.5. The number of aryl methyl sites for hydroxylation is 1. The summed E-state index contributed by atoms with van der Waals surface area (Å²) in [5, 5.41) is 9.45. The first-order valence-electron chi connectivity index (χ1n) is 7.43. The number of hydrazone groups is 1. The first-order valence-corrected chi connectivity index (χ1v) is 8.24. The van der Waals surface area contributed by atoms with Gasteiger partial charge in [0.1, 0.15) is 16.4 Å². The maximum atomic E-state index is 11.7. The van der Waals surface area contributed by atoms with Crippen LogP contribution < -0.4 is 5.43 Å². The molecule has 0 aliphatic carbocycles. The molecule has 24 heavy (non-hydrogen) atoms. The van der Waals surface area contributed by atoms with Gasteiger partial charge in [-0.1, -0.05) is 41.7 Å². The van der Waals surface area contributed by atoms with E-state index < -0.39 is 0 Å². The van der Waals surface area contributed by atoms with Crippen molar-refractivity contribution in [3.05, 3.63) is 41.0 Å². The highest BCUT2D eigenvalue weighted by atomic mass is 32.1. The van der Waals surface area contributed by atoms with Crippen LogP contribution in [0.4, 0.5) is 0 Å². The second-order valence-corrected chi connectivity index (χ2v) is 6.72.